The van der Waals surface area contributed by atoms with E-state index in [1.807, 2.05) is 0 Å². The van der Waals surface area contributed by atoms with E-state index in [1.54, 1.807) is 0 Å². The summed E-state index contributed by atoms with van der Waals surface area (Å²) in [5.74, 6) is -2.86. The standard InChI is InChI=1S/C13H10FNO6/c1-7(10-5-6-11(21-10)13(16)17)20-12-8(14)3-2-4-9(12)15(18)19/h2-7H,1H3,(H,16,17). The highest BCUT2D eigenvalue weighted by atomic mass is 19.1. The van der Waals surface area contributed by atoms with Gasteiger partial charge in [0.15, 0.2) is 11.9 Å². The minimum Gasteiger partial charge on any atom is -0.475 e. The van der Waals surface area contributed by atoms with Gasteiger partial charge in [0.05, 0.1) is 4.92 Å². The fraction of sp³-hybridized carbons (Fsp3) is 0.154. The molecule has 0 aliphatic rings. The van der Waals surface area contributed by atoms with Gasteiger partial charge in [-0.15, -0.1) is 0 Å². The Bertz CT molecular complexity index is 696. The number of carboxylic acids is 1. The van der Waals surface area contributed by atoms with Gasteiger partial charge in [-0.05, 0) is 25.1 Å². The van der Waals surface area contributed by atoms with Crippen molar-refractivity contribution in [1.29, 1.82) is 0 Å². The molecule has 0 saturated carbocycles. The molecular formula is C13H10FNO6. The number of hydrogen-bond donors (Lipinski definition) is 1. The van der Waals surface area contributed by atoms with Gasteiger partial charge in [-0.2, -0.15) is 0 Å². The van der Waals surface area contributed by atoms with Crippen LogP contribution in [0.15, 0.2) is 34.7 Å². The summed E-state index contributed by atoms with van der Waals surface area (Å²) < 4.78 is 23.9. The molecular weight excluding hydrogens is 285 g/mol. The normalized spacial score (nSPS) is 11.9. The first kappa shape index (κ1) is 14.5. The fourth-order valence-electron chi connectivity index (χ4n) is 1.68. The molecule has 2 rings (SSSR count). The molecule has 0 bridgehead atoms. The lowest BCUT2D eigenvalue weighted by Gasteiger charge is -2.12. The summed E-state index contributed by atoms with van der Waals surface area (Å²) in [6, 6.07) is 5.89. The molecule has 1 unspecified atom stereocenters. The van der Waals surface area contributed by atoms with Gasteiger partial charge < -0.3 is 14.3 Å². The Hall–Kier alpha value is -2.90. The summed E-state index contributed by atoms with van der Waals surface area (Å²) in [6.45, 7) is 1.46. The Kier molecular flexibility index (Phi) is 3.88. The number of para-hydroxylation sites is 1. The highest BCUT2D eigenvalue weighted by Crippen LogP contribution is 2.33. The lowest BCUT2D eigenvalue weighted by molar-refractivity contribution is -0.386. The van der Waals surface area contributed by atoms with Crippen LogP contribution in [0, 0.1) is 15.9 Å². The number of nitrogens with zero attached hydrogens (tertiary/aromatic N) is 1. The number of halogens is 1. The van der Waals surface area contributed by atoms with Gasteiger partial charge in [-0.25, -0.2) is 9.18 Å². The predicted molar refractivity (Wildman–Crippen MR) is 67.8 cm³/mol. The van der Waals surface area contributed by atoms with Crippen molar-refractivity contribution >= 4 is 11.7 Å². The summed E-state index contributed by atoms with van der Waals surface area (Å²) in [7, 11) is 0. The predicted octanol–water partition coefficient (Wildman–Crippen LogP) is 3.17. The van der Waals surface area contributed by atoms with Crippen LogP contribution in [0.2, 0.25) is 0 Å². The van der Waals surface area contributed by atoms with Crippen molar-refractivity contribution in [3.8, 4) is 5.75 Å². The molecule has 1 heterocycles. The Morgan fingerprint density at radius 2 is 2.14 bits per heavy atom. The van der Waals surface area contributed by atoms with Crippen LogP contribution >= 0.6 is 0 Å². The molecule has 1 aromatic heterocycles. The first-order valence-electron chi connectivity index (χ1n) is 5.82. The van der Waals surface area contributed by atoms with Gasteiger partial charge in [0.2, 0.25) is 11.5 Å². The molecule has 0 amide bonds. The third-order valence-corrected chi connectivity index (χ3v) is 2.68. The highest BCUT2D eigenvalue weighted by Gasteiger charge is 2.23. The Morgan fingerprint density at radius 1 is 1.43 bits per heavy atom. The third kappa shape index (κ3) is 2.99. The highest BCUT2D eigenvalue weighted by molar-refractivity contribution is 5.84. The van der Waals surface area contributed by atoms with Crippen molar-refractivity contribution in [2.24, 2.45) is 0 Å². The average molecular weight is 295 g/mol. The number of furan rings is 1. The zero-order valence-electron chi connectivity index (χ0n) is 10.8. The number of nitro groups is 1. The molecule has 0 saturated heterocycles. The SMILES string of the molecule is CC(Oc1c(F)cccc1[N+](=O)[O-])c1ccc(C(=O)O)o1. The van der Waals surface area contributed by atoms with Gasteiger partial charge in [-0.1, -0.05) is 6.07 Å². The Morgan fingerprint density at radius 3 is 2.71 bits per heavy atom. The Balaban J connectivity index is 2.28. The molecule has 21 heavy (non-hydrogen) atoms. The van der Waals surface area contributed by atoms with Crippen molar-refractivity contribution in [3.63, 3.8) is 0 Å². The molecule has 0 aliphatic heterocycles. The average Bonchev–Trinajstić information content (AvgIpc) is 2.90. The lowest BCUT2D eigenvalue weighted by atomic mass is 10.2. The quantitative estimate of drug-likeness (QED) is 0.671. The van der Waals surface area contributed by atoms with Gasteiger partial charge in [0.1, 0.15) is 5.76 Å². The maximum atomic E-state index is 13.7. The molecule has 1 aromatic carbocycles. The topological polar surface area (TPSA) is 103 Å². The van der Waals surface area contributed by atoms with E-state index < -0.39 is 34.3 Å². The van der Waals surface area contributed by atoms with Crippen LogP contribution in [0.5, 0.6) is 5.75 Å². The second-order valence-electron chi connectivity index (χ2n) is 4.11. The van der Waals surface area contributed by atoms with E-state index in [4.69, 9.17) is 14.3 Å². The summed E-state index contributed by atoms with van der Waals surface area (Å²) in [4.78, 5) is 20.8. The van der Waals surface area contributed by atoms with E-state index in [1.165, 1.54) is 25.1 Å². The molecule has 0 radical (unpaired) electrons. The second-order valence-corrected chi connectivity index (χ2v) is 4.11. The van der Waals surface area contributed by atoms with Crippen molar-refractivity contribution in [2.75, 3.05) is 0 Å². The molecule has 0 fully saturated rings. The maximum absolute atomic E-state index is 13.7. The lowest BCUT2D eigenvalue weighted by Crippen LogP contribution is -2.06. The van der Waals surface area contributed by atoms with Gasteiger partial charge in [-0.3, -0.25) is 10.1 Å². The molecule has 7 nitrogen and oxygen atoms in total. The van der Waals surface area contributed by atoms with Crippen LogP contribution in [0.4, 0.5) is 10.1 Å². The number of benzene rings is 1. The van der Waals surface area contributed by atoms with Crippen molar-refractivity contribution < 1.29 is 28.4 Å². The molecule has 0 aliphatic carbocycles. The van der Waals surface area contributed by atoms with E-state index in [2.05, 4.69) is 0 Å². The number of carboxylic acid groups (broad SMARTS) is 1. The molecule has 110 valence electrons. The second kappa shape index (κ2) is 5.61. The van der Waals surface area contributed by atoms with Gasteiger partial charge in [0.25, 0.3) is 0 Å². The summed E-state index contributed by atoms with van der Waals surface area (Å²) in [6.07, 6.45) is -0.895. The number of rotatable bonds is 5. The van der Waals surface area contributed by atoms with Crippen LogP contribution in [0.1, 0.15) is 29.3 Å². The van der Waals surface area contributed by atoms with Crippen LogP contribution in [0.3, 0.4) is 0 Å². The van der Waals surface area contributed by atoms with E-state index >= 15 is 0 Å². The molecule has 2 aromatic rings. The van der Waals surface area contributed by atoms with Crippen LogP contribution in [-0.4, -0.2) is 16.0 Å². The maximum Gasteiger partial charge on any atom is 0.371 e. The monoisotopic (exact) mass is 295 g/mol. The first-order chi connectivity index (χ1) is 9.90. The number of ether oxygens (including phenoxy) is 1. The van der Waals surface area contributed by atoms with E-state index in [0.29, 0.717) is 0 Å². The van der Waals surface area contributed by atoms with Gasteiger partial charge in [0, 0.05) is 6.07 Å². The molecule has 1 atom stereocenters. The number of aromatic carboxylic acids is 1. The summed E-state index contributed by atoms with van der Waals surface area (Å²) in [5.41, 5.74) is -0.521. The third-order valence-electron chi connectivity index (χ3n) is 2.68. The number of carbonyl (C=O) groups is 1. The van der Waals surface area contributed by atoms with Crippen molar-refractivity contribution in [3.05, 3.63) is 57.8 Å². The fourth-order valence-corrected chi connectivity index (χ4v) is 1.68. The zero-order chi connectivity index (χ0) is 15.6. The summed E-state index contributed by atoms with van der Waals surface area (Å²) >= 11 is 0. The van der Waals surface area contributed by atoms with Crippen LogP contribution in [-0.2, 0) is 0 Å². The molecule has 0 spiro atoms. The molecule has 1 N–H and O–H groups in total. The molecule has 8 heteroatoms. The van der Waals surface area contributed by atoms with E-state index in [-0.39, 0.29) is 11.5 Å². The smallest absolute Gasteiger partial charge is 0.371 e. The Labute approximate surface area is 117 Å². The number of hydrogen-bond acceptors (Lipinski definition) is 5. The van der Waals surface area contributed by atoms with E-state index in [9.17, 15) is 19.3 Å². The van der Waals surface area contributed by atoms with E-state index in [0.717, 1.165) is 12.1 Å². The minimum absolute atomic E-state index is 0.116. The number of nitro benzene ring substituents is 1. The summed E-state index contributed by atoms with van der Waals surface area (Å²) in [5, 5.41) is 19.6. The van der Waals surface area contributed by atoms with Crippen molar-refractivity contribution in [2.45, 2.75) is 13.0 Å². The van der Waals surface area contributed by atoms with Gasteiger partial charge >= 0.3 is 11.7 Å². The largest absolute Gasteiger partial charge is 0.475 e. The zero-order valence-corrected chi connectivity index (χ0v) is 10.8. The minimum atomic E-state index is -1.26. The first-order valence-corrected chi connectivity index (χ1v) is 5.82. The van der Waals surface area contributed by atoms with Crippen LogP contribution < -0.4 is 4.74 Å². The van der Waals surface area contributed by atoms with Crippen LogP contribution in [0.25, 0.3) is 0 Å². The van der Waals surface area contributed by atoms with Crippen molar-refractivity contribution in [1.82, 2.24) is 0 Å².